The molecule has 2 aromatic rings. The van der Waals surface area contributed by atoms with E-state index in [2.05, 4.69) is 0 Å². The molecule has 0 fully saturated rings. The Hall–Kier alpha value is -2.43. The van der Waals surface area contributed by atoms with Gasteiger partial charge >= 0.3 is 0 Å². The lowest BCUT2D eigenvalue weighted by Crippen LogP contribution is -2.12. The number of benzene rings is 2. The maximum atomic E-state index is 13.1. The van der Waals surface area contributed by atoms with Crippen molar-refractivity contribution in [2.75, 3.05) is 13.7 Å². The number of hydrogen-bond acceptors (Lipinski definition) is 3. The van der Waals surface area contributed by atoms with Crippen LogP contribution in [0.1, 0.15) is 15.9 Å². The second-order valence-electron chi connectivity index (χ2n) is 4.50. The Labute approximate surface area is 121 Å². The highest BCUT2D eigenvalue weighted by atomic mass is 19.2. The van der Waals surface area contributed by atoms with Crippen molar-refractivity contribution in [3.05, 3.63) is 59.2 Å². The first-order valence-corrected chi connectivity index (χ1v) is 6.27. The lowest BCUT2D eigenvalue weighted by molar-refractivity contribution is 0.0919. The number of carbonyl (C=O) groups is 1. The van der Waals surface area contributed by atoms with Crippen LogP contribution in [0, 0.1) is 18.6 Å². The Morgan fingerprint density at radius 1 is 1.05 bits per heavy atom. The van der Waals surface area contributed by atoms with Crippen LogP contribution in [0.3, 0.4) is 0 Å². The zero-order valence-corrected chi connectivity index (χ0v) is 11.7. The van der Waals surface area contributed by atoms with Gasteiger partial charge in [-0.3, -0.25) is 4.79 Å². The molecule has 110 valence electrons. The molecule has 0 aliphatic carbocycles. The Morgan fingerprint density at radius 3 is 2.48 bits per heavy atom. The van der Waals surface area contributed by atoms with Gasteiger partial charge in [-0.2, -0.15) is 0 Å². The predicted molar refractivity (Wildman–Crippen MR) is 73.9 cm³/mol. The van der Waals surface area contributed by atoms with Crippen molar-refractivity contribution in [1.29, 1.82) is 0 Å². The van der Waals surface area contributed by atoms with Gasteiger partial charge in [-0.05, 0) is 42.8 Å². The summed E-state index contributed by atoms with van der Waals surface area (Å²) in [7, 11) is 1.50. The van der Waals surface area contributed by atoms with Crippen molar-refractivity contribution in [2.24, 2.45) is 0 Å². The van der Waals surface area contributed by atoms with Gasteiger partial charge in [0.1, 0.15) is 0 Å². The first kappa shape index (κ1) is 15.0. The Kier molecular flexibility index (Phi) is 4.52. The number of carbonyl (C=O) groups excluding carboxylic acids is 1. The average molecular weight is 292 g/mol. The summed E-state index contributed by atoms with van der Waals surface area (Å²) in [6.45, 7) is 1.61. The molecule has 0 atom stereocenters. The van der Waals surface area contributed by atoms with Crippen molar-refractivity contribution < 1.29 is 23.0 Å². The molecular formula is C16H14F2O3. The zero-order valence-electron chi connectivity index (χ0n) is 11.7. The summed E-state index contributed by atoms with van der Waals surface area (Å²) in [5.41, 5.74) is 1.05. The van der Waals surface area contributed by atoms with E-state index < -0.39 is 17.4 Å². The summed E-state index contributed by atoms with van der Waals surface area (Å²) in [6.07, 6.45) is 0. The summed E-state index contributed by atoms with van der Waals surface area (Å²) in [6, 6.07) is 8.27. The number of halogens is 2. The van der Waals surface area contributed by atoms with E-state index in [9.17, 15) is 13.6 Å². The van der Waals surface area contributed by atoms with Gasteiger partial charge in [-0.1, -0.05) is 6.07 Å². The van der Waals surface area contributed by atoms with Crippen LogP contribution in [0.5, 0.6) is 11.5 Å². The number of Topliss-reactive ketones (excluding diaryl/α,β-unsaturated/α-hetero) is 1. The van der Waals surface area contributed by atoms with E-state index >= 15 is 0 Å². The number of ketones is 1. The number of ether oxygens (including phenoxy) is 2. The molecule has 21 heavy (non-hydrogen) atoms. The van der Waals surface area contributed by atoms with Crippen LogP contribution in [-0.4, -0.2) is 19.5 Å². The largest absolute Gasteiger partial charge is 0.493 e. The van der Waals surface area contributed by atoms with Gasteiger partial charge in [0.05, 0.1) is 7.11 Å². The van der Waals surface area contributed by atoms with Crippen LogP contribution in [0.25, 0.3) is 0 Å². The topological polar surface area (TPSA) is 35.5 Å². The molecule has 3 nitrogen and oxygen atoms in total. The van der Waals surface area contributed by atoms with Crippen molar-refractivity contribution >= 4 is 5.78 Å². The predicted octanol–water partition coefficient (Wildman–Crippen LogP) is 3.54. The van der Waals surface area contributed by atoms with E-state index in [-0.39, 0.29) is 12.2 Å². The number of rotatable bonds is 5. The molecule has 5 heteroatoms. The fraction of sp³-hybridized carbons (Fsp3) is 0.188. The van der Waals surface area contributed by atoms with Crippen LogP contribution in [0.15, 0.2) is 36.4 Å². The molecule has 0 saturated heterocycles. The molecule has 0 aliphatic rings. The number of hydrogen-bond donors (Lipinski definition) is 0. The maximum Gasteiger partial charge on any atom is 0.200 e. The van der Waals surface area contributed by atoms with Crippen LogP contribution in [0.4, 0.5) is 8.78 Å². The molecule has 0 heterocycles. The zero-order chi connectivity index (χ0) is 15.4. The van der Waals surface area contributed by atoms with Crippen molar-refractivity contribution in [3.63, 3.8) is 0 Å². The lowest BCUT2D eigenvalue weighted by Gasteiger charge is -2.10. The van der Waals surface area contributed by atoms with Crippen molar-refractivity contribution in [3.8, 4) is 11.5 Å². The van der Waals surface area contributed by atoms with Gasteiger partial charge in [-0.25, -0.2) is 8.78 Å². The van der Waals surface area contributed by atoms with E-state index in [1.165, 1.54) is 13.2 Å². The summed E-state index contributed by atoms with van der Waals surface area (Å²) in [5, 5.41) is 0. The first-order chi connectivity index (χ1) is 10.0. The summed E-state index contributed by atoms with van der Waals surface area (Å²) in [5.74, 6) is -1.58. The van der Waals surface area contributed by atoms with E-state index in [0.717, 1.165) is 17.7 Å². The first-order valence-electron chi connectivity index (χ1n) is 6.27. The van der Waals surface area contributed by atoms with Crippen LogP contribution in [-0.2, 0) is 0 Å². The van der Waals surface area contributed by atoms with Gasteiger partial charge < -0.3 is 9.47 Å². The van der Waals surface area contributed by atoms with Gasteiger partial charge in [0.15, 0.2) is 35.5 Å². The summed E-state index contributed by atoms with van der Waals surface area (Å²) < 4.78 is 36.4. The smallest absolute Gasteiger partial charge is 0.200 e. The van der Waals surface area contributed by atoms with Gasteiger partial charge in [0, 0.05) is 5.56 Å². The molecule has 2 aromatic carbocycles. The van der Waals surface area contributed by atoms with Crippen LogP contribution in [0.2, 0.25) is 0 Å². The molecule has 0 aromatic heterocycles. The minimum atomic E-state index is -1.06. The molecule has 0 bridgehead atoms. The van der Waals surface area contributed by atoms with Crippen molar-refractivity contribution in [2.45, 2.75) is 6.92 Å². The molecule has 0 N–H and O–H groups in total. The minimum absolute atomic E-state index is 0.0555. The molecule has 0 unspecified atom stereocenters. The Bertz CT molecular complexity index is 669. The molecule has 0 radical (unpaired) electrons. The van der Waals surface area contributed by atoms with Gasteiger partial charge in [0.25, 0.3) is 0 Å². The van der Waals surface area contributed by atoms with E-state index in [1.54, 1.807) is 12.1 Å². The number of aryl methyl sites for hydroxylation is 1. The van der Waals surface area contributed by atoms with E-state index in [0.29, 0.717) is 11.5 Å². The molecule has 0 spiro atoms. The SMILES string of the molecule is COc1cc(C)ccc1OCC(=O)c1ccc(F)c(F)c1. The number of methoxy groups -OCH3 is 1. The minimum Gasteiger partial charge on any atom is -0.493 e. The third-order valence-electron chi connectivity index (χ3n) is 2.92. The molecule has 2 rings (SSSR count). The highest BCUT2D eigenvalue weighted by Gasteiger charge is 2.12. The lowest BCUT2D eigenvalue weighted by atomic mass is 10.1. The fourth-order valence-electron chi connectivity index (χ4n) is 1.79. The standard InChI is InChI=1S/C16H14F2O3/c1-10-3-6-15(16(7-10)20-2)21-9-14(19)11-4-5-12(17)13(18)8-11/h3-8H,9H2,1-2H3. The highest BCUT2D eigenvalue weighted by molar-refractivity contribution is 5.97. The maximum absolute atomic E-state index is 13.1. The highest BCUT2D eigenvalue weighted by Crippen LogP contribution is 2.27. The normalized spacial score (nSPS) is 10.3. The molecule has 0 saturated carbocycles. The van der Waals surface area contributed by atoms with E-state index in [1.807, 2.05) is 13.0 Å². The van der Waals surface area contributed by atoms with Crippen LogP contribution < -0.4 is 9.47 Å². The molecular weight excluding hydrogens is 278 g/mol. The second-order valence-corrected chi connectivity index (χ2v) is 4.50. The van der Waals surface area contributed by atoms with E-state index in [4.69, 9.17) is 9.47 Å². The monoisotopic (exact) mass is 292 g/mol. The molecule has 0 amide bonds. The molecule has 0 aliphatic heterocycles. The Morgan fingerprint density at radius 2 is 1.81 bits per heavy atom. The van der Waals surface area contributed by atoms with Gasteiger partial charge in [-0.15, -0.1) is 0 Å². The van der Waals surface area contributed by atoms with Crippen molar-refractivity contribution in [1.82, 2.24) is 0 Å². The van der Waals surface area contributed by atoms with Crippen LogP contribution >= 0.6 is 0 Å². The third-order valence-corrected chi connectivity index (χ3v) is 2.92. The van der Waals surface area contributed by atoms with Gasteiger partial charge in [0.2, 0.25) is 0 Å². The Balaban J connectivity index is 2.09. The second kappa shape index (κ2) is 6.35. The quantitative estimate of drug-likeness (QED) is 0.791. The summed E-state index contributed by atoms with van der Waals surface area (Å²) in [4.78, 5) is 11.9. The third kappa shape index (κ3) is 3.56. The fourth-order valence-corrected chi connectivity index (χ4v) is 1.79. The average Bonchev–Trinajstić information content (AvgIpc) is 2.48. The summed E-state index contributed by atoms with van der Waals surface area (Å²) >= 11 is 0.